The van der Waals surface area contributed by atoms with Crippen LogP contribution in [0.15, 0.2) is 34.9 Å². The summed E-state index contributed by atoms with van der Waals surface area (Å²) in [6.07, 6.45) is 7.11. The van der Waals surface area contributed by atoms with E-state index in [0.29, 0.717) is 42.7 Å². The summed E-state index contributed by atoms with van der Waals surface area (Å²) < 4.78 is 21.8. The molecule has 1 heterocycles. The highest BCUT2D eigenvalue weighted by Crippen LogP contribution is 2.40. The summed E-state index contributed by atoms with van der Waals surface area (Å²) in [6, 6.07) is 7.86. The maximum absolute atomic E-state index is 13.1. The first kappa shape index (κ1) is 20.1. The molecule has 1 aromatic carbocycles. The number of furan rings is 1. The van der Waals surface area contributed by atoms with Gasteiger partial charge in [-0.25, -0.2) is 0 Å². The van der Waals surface area contributed by atoms with Crippen molar-refractivity contribution >= 4 is 5.91 Å². The lowest BCUT2D eigenvalue weighted by Gasteiger charge is -2.28. The van der Waals surface area contributed by atoms with Gasteiger partial charge < -0.3 is 23.5 Å². The Morgan fingerprint density at radius 3 is 2.43 bits per heavy atom. The van der Waals surface area contributed by atoms with Crippen LogP contribution in [0.2, 0.25) is 0 Å². The van der Waals surface area contributed by atoms with E-state index in [1.54, 1.807) is 27.6 Å². The van der Waals surface area contributed by atoms with Crippen LogP contribution in [0.1, 0.15) is 43.4 Å². The van der Waals surface area contributed by atoms with Crippen LogP contribution in [0, 0.1) is 0 Å². The molecule has 0 aliphatic heterocycles. The number of benzene rings is 1. The molecule has 0 radical (unpaired) electrons. The molecule has 1 amide bonds. The normalized spacial score (nSPS) is 14.1. The SMILES string of the molecule is COc1ccc(CCC(=O)N(Cc2ccco2)C2CCCC2)c(OC)c1OC. The molecule has 6 heteroatoms. The first-order valence-corrected chi connectivity index (χ1v) is 9.77. The number of methoxy groups -OCH3 is 3. The lowest BCUT2D eigenvalue weighted by Crippen LogP contribution is -2.38. The molecule has 3 rings (SSSR count). The standard InChI is InChI=1S/C22H29NO5/c1-25-19-12-10-16(21(26-2)22(19)27-3)11-13-20(24)23(17-7-4-5-8-17)15-18-9-6-14-28-18/h6,9-10,12,14,17H,4-5,7-8,11,13,15H2,1-3H3. The summed E-state index contributed by atoms with van der Waals surface area (Å²) in [5.74, 6) is 2.75. The molecule has 1 aromatic heterocycles. The van der Waals surface area contributed by atoms with Gasteiger partial charge in [0.15, 0.2) is 11.5 Å². The van der Waals surface area contributed by atoms with Gasteiger partial charge in [-0.05, 0) is 43.0 Å². The van der Waals surface area contributed by atoms with Crippen molar-refractivity contribution in [2.24, 2.45) is 0 Å². The van der Waals surface area contributed by atoms with Crippen molar-refractivity contribution in [3.05, 3.63) is 41.9 Å². The average molecular weight is 387 g/mol. The Morgan fingerprint density at radius 2 is 1.82 bits per heavy atom. The van der Waals surface area contributed by atoms with Gasteiger partial charge in [0.05, 0.1) is 34.1 Å². The molecule has 0 unspecified atom stereocenters. The third-order valence-electron chi connectivity index (χ3n) is 5.39. The van der Waals surface area contributed by atoms with Crippen LogP contribution >= 0.6 is 0 Å². The van der Waals surface area contributed by atoms with Crippen LogP contribution in [0.5, 0.6) is 17.2 Å². The predicted octanol–water partition coefficient (Wildman–Crippen LogP) is 4.21. The number of amides is 1. The highest BCUT2D eigenvalue weighted by molar-refractivity contribution is 5.77. The van der Waals surface area contributed by atoms with Crippen LogP contribution in [0.3, 0.4) is 0 Å². The Kier molecular flexibility index (Phi) is 6.85. The van der Waals surface area contributed by atoms with Crippen LogP contribution in [-0.2, 0) is 17.8 Å². The molecule has 0 saturated heterocycles. The smallest absolute Gasteiger partial charge is 0.223 e. The van der Waals surface area contributed by atoms with Gasteiger partial charge in [0.1, 0.15) is 5.76 Å². The Morgan fingerprint density at radius 1 is 1.07 bits per heavy atom. The summed E-state index contributed by atoms with van der Waals surface area (Å²) in [7, 11) is 4.78. The molecule has 6 nitrogen and oxygen atoms in total. The van der Waals surface area contributed by atoms with E-state index in [0.717, 1.165) is 24.2 Å². The van der Waals surface area contributed by atoms with Gasteiger partial charge in [-0.3, -0.25) is 4.79 Å². The minimum Gasteiger partial charge on any atom is -0.493 e. The van der Waals surface area contributed by atoms with Gasteiger partial charge in [0, 0.05) is 12.5 Å². The van der Waals surface area contributed by atoms with E-state index in [4.69, 9.17) is 18.6 Å². The molecular formula is C22H29NO5. The minimum atomic E-state index is 0.139. The summed E-state index contributed by atoms with van der Waals surface area (Å²) in [6.45, 7) is 0.527. The molecule has 1 aliphatic rings. The predicted molar refractivity (Wildman–Crippen MR) is 106 cm³/mol. The minimum absolute atomic E-state index is 0.139. The van der Waals surface area contributed by atoms with Gasteiger partial charge in [-0.15, -0.1) is 0 Å². The number of rotatable bonds is 9. The highest BCUT2D eigenvalue weighted by Gasteiger charge is 2.27. The number of hydrogen-bond donors (Lipinski definition) is 0. The maximum atomic E-state index is 13.1. The largest absolute Gasteiger partial charge is 0.493 e. The van der Waals surface area contributed by atoms with E-state index in [1.165, 1.54) is 12.8 Å². The molecule has 0 N–H and O–H groups in total. The maximum Gasteiger partial charge on any atom is 0.223 e. The second kappa shape index (κ2) is 9.53. The fraction of sp³-hybridized carbons (Fsp3) is 0.500. The van der Waals surface area contributed by atoms with Crippen LogP contribution in [0.25, 0.3) is 0 Å². The van der Waals surface area contributed by atoms with Crippen molar-refractivity contribution < 1.29 is 23.4 Å². The lowest BCUT2D eigenvalue weighted by molar-refractivity contribution is -0.134. The third kappa shape index (κ3) is 4.43. The summed E-state index contributed by atoms with van der Waals surface area (Å²) >= 11 is 0. The first-order chi connectivity index (χ1) is 13.7. The molecule has 1 aliphatic carbocycles. The number of hydrogen-bond acceptors (Lipinski definition) is 5. The van der Waals surface area contributed by atoms with E-state index in [9.17, 15) is 4.79 Å². The zero-order valence-electron chi connectivity index (χ0n) is 16.9. The molecule has 1 saturated carbocycles. The van der Waals surface area contributed by atoms with Crippen LogP contribution in [0.4, 0.5) is 0 Å². The van der Waals surface area contributed by atoms with E-state index in [2.05, 4.69) is 0 Å². The van der Waals surface area contributed by atoms with E-state index >= 15 is 0 Å². The second-order valence-electron chi connectivity index (χ2n) is 7.03. The first-order valence-electron chi connectivity index (χ1n) is 9.77. The molecule has 152 valence electrons. The zero-order chi connectivity index (χ0) is 19.9. The summed E-state index contributed by atoms with van der Waals surface area (Å²) in [5, 5.41) is 0. The van der Waals surface area contributed by atoms with Crippen molar-refractivity contribution in [2.45, 2.75) is 51.1 Å². The van der Waals surface area contributed by atoms with Gasteiger partial charge in [0.25, 0.3) is 0 Å². The topological polar surface area (TPSA) is 61.1 Å². The molecule has 2 aromatic rings. The van der Waals surface area contributed by atoms with Crippen molar-refractivity contribution in [3.63, 3.8) is 0 Å². The van der Waals surface area contributed by atoms with E-state index in [1.807, 2.05) is 29.2 Å². The zero-order valence-corrected chi connectivity index (χ0v) is 16.9. The average Bonchev–Trinajstić information content (AvgIpc) is 3.43. The van der Waals surface area contributed by atoms with E-state index < -0.39 is 0 Å². The lowest BCUT2D eigenvalue weighted by atomic mass is 10.1. The molecule has 1 fully saturated rings. The summed E-state index contributed by atoms with van der Waals surface area (Å²) in [4.78, 5) is 15.1. The molecule has 28 heavy (non-hydrogen) atoms. The summed E-state index contributed by atoms with van der Waals surface area (Å²) in [5.41, 5.74) is 0.929. The van der Waals surface area contributed by atoms with Gasteiger partial charge in [-0.2, -0.15) is 0 Å². The van der Waals surface area contributed by atoms with Crippen molar-refractivity contribution in [2.75, 3.05) is 21.3 Å². The number of nitrogens with zero attached hydrogens (tertiary/aromatic N) is 1. The quantitative estimate of drug-likeness (QED) is 0.645. The fourth-order valence-corrected chi connectivity index (χ4v) is 3.95. The second-order valence-corrected chi connectivity index (χ2v) is 7.03. The number of carbonyl (C=O) groups is 1. The number of ether oxygens (including phenoxy) is 3. The van der Waals surface area contributed by atoms with Crippen molar-refractivity contribution in [1.29, 1.82) is 0 Å². The number of carbonyl (C=O) groups excluding carboxylic acids is 1. The molecule has 0 bridgehead atoms. The molecule has 0 atom stereocenters. The monoisotopic (exact) mass is 387 g/mol. The third-order valence-corrected chi connectivity index (χ3v) is 5.39. The van der Waals surface area contributed by atoms with Gasteiger partial charge in [0.2, 0.25) is 11.7 Å². The van der Waals surface area contributed by atoms with Crippen molar-refractivity contribution in [1.82, 2.24) is 4.90 Å². The molecular weight excluding hydrogens is 358 g/mol. The van der Waals surface area contributed by atoms with Crippen LogP contribution in [-0.4, -0.2) is 38.2 Å². The van der Waals surface area contributed by atoms with Crippen molar-refractivity contribution in [3.8, 4) is 17.2 Å². The Labute approximate surface area is 166 Å². The van der Waals surface area contributed by atoms with Crippen LogP contribution < -0.4 is 14.2 Å². The van der Waals surface area contributed by atoms with E-state index in [-0.39, 0.29) is 5.91 Å². The Balaban J connectivity index is 1.73. The molecule has 0 spiro atoms. The van der Waals surface area contributed by atoms with Gasteiger partial charge in [-0.1, -0.05) is 18.9 Å². The fourth-order valence-electron chi connectivity index (χ4n) is 3.95. The number of aryl methyl sites for hydroxylation is 1. The Hall–Kier alpha value is -2.63. The van der Waals surface area contributed by atoms with Gasteiger partial charge >= 0.3 is 0 Å². The highest BCUT2D eigenvalue weighted by atomic mass is 16.5. The Bertz CT molecular complexity index is 765.